The molecule has 0 unspecified atom stereocenters. The van der Waals surface area contributed by atoms with Gasteiger partial charge < -0.3 is 15.0 Å². The highest BCUT2D eigenvalue weighted by molar-refractivity contribution is 7.94. The Morgan fingerprint density at radius 3 is 2.50 bits per heavy atom. The molecule has 0 radical (unpaired) electrons. The molecular weight excluding hydrogens is 489 g/mol. The van der Waals surface area contributed by atoms with Crippen LogP contribution in [0.5, 0.6) is 5.75 Å². The minimum atomic E-state index is -4.88. The lowest BCUT2D eigenvalue weighted by molar-refractivity contribution is -0.274. The number of piperazine rings is 1. The molecule has 2 N–H and O–H groups in total. The first-order chi connectivity index (χ1) is 16.0. The molecule has 2 atom stereocenters. The van der Waals surface area contributed by atoms with Crippen molar-refractivity contribution in [1.29, 1.82) is 0 Å². The molecule has 4 rings (SSSR count). The number of hydrogen-bond acceptors (Lipinski definition) is 7. The third kappa shape index (κ3) is 5.80. The Hall–Kier alpha value is -2.83. The molecule has 3 aromatic rings. The number of halogens is 3. The van der Waals surface area contributed by atoms with Gasteiger partial charge >= 0.3 is 6.36 Å². The molecular formula is C22H23F3N4O3S2. The number of ether oxygens (including phenoxy) is 1. The van der Waals surface area contributed by atoms with E-state index in [1.807, 2.05) is 13.8 Å². The van der Waals surface area contributed by atoms with Crippen molar-refractivity contribution in [1.82, 2.24) is 10.3 Å². The predicted molar refractivity (Wildman–Crippen MR) is 126 cm³/mol. The molecule has 1 aromatic carbocycles. The summed E-state index contributed by atoms with van der Waals surface area (Å²) in [5.74, 6) is -0.384. The van der Waals surface area contributed by atoms with Crippen molar-refractivity contribution in [3.05, 3.63) is 54.7 Å². The number of rotatable bonds is 6. The van der Waals surface area contributed by atoms with E-state index < -0.39 is 16.4 Å². The summed E-state index contributed by atoms with van der Waals surface area (Å²) in [6.07, 6.45) is -3.26. The standard InChI is InChI=1S/C22H23F3N4O3S2/c1-14-12-29(13-15(2)27-14)18-11-16(6-7-19(18)32-22(23,24)25)28-34(30,31)21-9-8-20(33-21)17-5-3-4-10-26-17/h3-11,14-15,27-28H,12-13H2,1-2H3/t14-,15+. The van der Waals surface area contributed by atoms with Crippen LogP contribution in [0.2, 0.25) is 0 Å². The topological polar surface area (TPSA) is 83.6 Å². The number of thiophene rings is 1. The maximum atomic E-state index is 13.0. The summed E-state index contributed by atoms with van der Waals surface area (Å²) in [5, 5.41) is 3.32. The van der Waals surface area contributed by atoms with Crippen LogP contribution in [0.1, 0.15) is 13.8 Å². The number of nitrogens with zero attached hydrogens (tertiary/aromatic N) is 2. The average Bonchev–Trinajstić information content (AvgIpc) is 3.25. The van der Waals surface area contributed by atoms with Crippen LogP contribution in [0.3, 0.4) is 0 Å². The van der Waals surface area contributed by atoms with Gasteiger partial charge in [0.25, 0.3) is 10.0 Å². The second kappa shape index (κ2) is 9.43. The fourth-order valence-corrected chi connectivity index (χ4v) is 6.21. The molecule has 182 valence electrons. The van der Waals surface area contributed by atoms with Crippen LogP contribution in [0.25, 0.3) is 10.6 Å². The third-order valence-corrected chi connectivity index (χ3v) is 8.08. The normalized spacial score (nSPS) is 19.1. The van der Waals surface area contributed by atoms with Crippen molar-refractivity contribution in [2.24, 2.45) is 0 Å². The summed E-state index contributed by atoms with van der Waals surface area (Å²) in [6.45, 7) is 4.73. The lowest BCUT2D eigenvalue weighted by Gasteiger charge is -2.38. The summed E-state index contributed by atoms with van der Waals surface area (Å²) in [7, 11) is -3.97. The molecule has 1 aliphatic heterocycles. The Morgan fingerprint density at radius 2 is 1.85 bits per heavy atom. The zero-order valence-corrected chi connectivity index (χ0v) is 20.0. The van der Waals surface area contributed by atoms with Gasteiger partial charge in [-0.15, -0.1) is 24.5 Å². The molecule has 1 saturated heterocycles. The maximum absolute atomic E-state index is 13.0. The summed E-state index contributed by atoms with van der Waals surface area (Å²) in [5.41, 5.74) is 0.945. The van der Waals surface area contributed by atoms with Gasteiger partial charge in [-0.3, -0.25) is 9.71 Å². The number of aromatic nitrogens is 1. The van der Waals surface area contributed by atoms with Gasteiger partial charge in [0.05, 0.1) is 21.9 Å². The monoisotopic (exact) mass is 512 g/mol. The van der Waals surface area contributed by atoms with Gasteiger partial charge in [-0.05, 0) is 56.3 Å². The number of sulfonamides is 1. The van der Waals surface area contributed by atoms with Crippen molar-refractivity contribution in [3.8, 4) is 16.3 Å². The van der Waals surface area contributed by atoms with Crippen molar-refractivity contribution < 1.29 is 26.3 Å². The van der Waals surface area contributed by atoms with E-state index in [9.17, 15) is 21.6 Å². The lowest BCUT2D eigenvalue weighted by Crippen LogP contribution is -2.54. The number of hydrogen-bond donors (Lipinski definition) is 2. The summed E-state index contributed by atoms with van der Waals surface area (Å²) in [6, 6.07) is 12.3. The minimum absolute atomic E-state index is 0.0268. The highest BCUT2D eigenvalue weighted by Crippen LogP contribution is 2.37. The van der Waals surface area contributed by atoms with Crippen LogP contribution >= 0.6 is 11.3 Å². The minimum Gasteiger partial charge on any atom is -0.404 e. The number of alkyl halides is 3. The van der Waals surface area contributed by atoms with E-state index >= 15 is 0 Å². The van der Waals surface area contributed by atoms with E-state index in [0.717, 1.165) is 17.4 Å². The van der Waals surface area contributed by atoms with Crippen molar-refractivity contribution in [2.45, 2.75) is 36.5 Å². The number of pyridine rings is 1. The first kappa shape index (κ1) is 24.3. The summed E-state index contributed by atoms with van der Waals surface area (Å²) in [4.78, 5) is 6.66. The molecule has 34 heavy (non-hydrogen) atoms. The highest BCUT2D eigenvalue weighted by Gasteiger charge is 2.34. The molecule has 0 saturated carbocycles. The maximum Gasteiger partial charge on any atom is 0.573 e. The van der Waals surface area contributed by atoms with Gasteiger partial charge in [-0.1, -0.05) is 6.07 Å². The number of benzene rings is 1. The first-order valence-corrected chi connectivity index (χ1v) is 12.7. The molecule has 1 fully saturated rings. The smallest absolute Gasteiger partial charge is 0.404 e. The van der Waals surface area contributed by atoms with Crippen molar-refractivity contribution >= 4 is 32.7 Å². The average molecular weight is 513 g/mol. The van der Waals surface area contributed by atoms with Crippen LogP contribution in [0, 0.1) is 0 Å². The molecule has 0 bridgehead atoms. The fourth-order valence-electron chi connectivity index (χ4n) is 3.88. The fraction of sp³-hybridized carbons (Fsp3) is 0.318. The van der Waals surface area contributed by atoms with Crippen molar-refractivity contribution in [3.63, 3.8) is 0 Å². The van der Waals surface area contributed by atoms with E-state index in [4.69, 9.17) is 0 Å². The van der Waals surface area contributed by atoms with Crippen LogP contribution < -0.4 is 19.7 Å². The van der Waals surface area contributed by atoms with Crippen LogP contribution in [-0.4, -0.2) is 44.9 Å². The molecule has 7 nitrogen and oxygen atoms in total. The van der Waals surface area contributed by atoms with Crippen LogP contribution in [0.15, 0.2) is 58.9 Å². The van der Waals surface area contributed by atoms with Gasteiger partial charge in [0.15, 0.2) is 5.75 Å². The molecule has 2 aromatic heterocycles. The van der Waals surface area contributed by atoms with E-state index in [1.165, 1.54) is 18.2 Å². The second-order valence-electron chi connectivity index (χ2n) is 8.04. The number of anilines is 2. The van der Waals surface area contributed by atoms with E-state index in [-0.39, 0.29) is 33.4 Å². The molecule has 12 heteroatoms. The molecule has 0 spiro atoms. The van der Waals surface area contributed by atoms with Gasteiger partial charge in [-0.25, -0.2) is 8.42 Å². The Kier molecular flexibility index (Phi) is 6.74. The molecule has 3 heterocycles. The Bertz CT molecular complexity index is 1240. The third-order valence-electron chi connectivity index (χ3n) is 5.10. The molecule has 1 aliphatic rings. The quantitative estimate of drug-likeness (QED) is 0.498. The van der Waals surface area contributed by atoms with Crippen molar-refractivity contribution in [2.75, 3.05) is 22.7 Å². The largest absolute Gasteiger partial charge is 0.573 e. The highest BCUT2D eigenvalue weighted by atomic mass is 32.2. The zero-order chi connectivity index (χ0) is 24.5. The van der Waals surface area contributed by atoms with Crippen LogP contribution in [-0.2, 0) is 10.0 Å². The summed E-state index contributed by atoms with van der Waals surface area (Å²) >= 11 is 1.05. The Morgan fingerprint density at radius 1 is 1.12 bits per heavy atom. The lowest BCUT2D eigenvalue weighted by atomic mass is 10.1. The van der Waals surface area contributed by atoms with E-state index in [0.29, 0.717) is 23.7 Å². The van der Waals surface area contributed by atoms with E-state index in [2.05, 4.69) is 19.8 Å². The van der Waals surface area contributed by atoms with Crippen LogP contribution in [0.4, 0.5) is 24.5 Å². The second-order valence-corrected chi connectivity index (χ2v) is 11.0. The SMILES string of the molecule is C[C@@H]1CN(c2cc(NS(=O)(=O)c3ccc(-c4ccccn4)s3)ccc2OC(F)(F)F)C[C@H](C)N1. The van der Waals surface area contributed by atoms with E-state index in [1.54, 1.807) is 35.4 Å². The molecule has 0 aliphatic carbocycles. The zero-order valence-electron chi connectivity index (χ0n) is 18.3. The van der Waals surface area contributed by atoms with Gasteiger partial charge in [-0.2, -0.15) is 0 Å². The molecule has 0 amide bonds. The Labute approximate surface area is 199 Å². The van der Waals surface area contributed by atoms with Gasteiger partial charge in [0.2, 0.25) is 0 Å². The number of nitrogens with one attached hydrogen (secondary N) is 2. The summed E-state index contributed by atoms with van der Waals surface area (Å²) < 4.78 is 71.8. The Balaban J connectivity index is 1.63. The van der Waals surface area contributed by atoms with Gasteiger partial charge in [0.1, 0.15) is 4.21 Å². The van der Waals surface area contributed by atoms with Gasteiger partial charge in [0, 0.05) is 31.4 Å². The first-order valence-electron chi connectivity index (χ1n) is 10.4. The predicted octanol–water partition coefficient (Wildman–Crippen LogP) is 4.70.